The fraction of sp³-hybridized carbons (Fsp3) is 0.125. The van der Waals surface area contributed by atoms with Gasteiger partial charge in [-0.2, -0.15) is 0 Å². The van der Waals surface area contributed by atoms with Crippen LogP contribution in [0.1, 0.15) is 11.1 Å². The van der Waals surface area contributed by atoms with Crippen LogP contribution in [0.3, 0.4) is 0 Å². The van der Waals surface area contributed by atoms with Crippen LogP contribution in [0, 0.1) is 13.8 Å². The number of aromatic hydroxyl groups is 1. The van der Waals surface area contributed by atoms with Crippen LogP contribution in [0.4, 0.5) is 11.5 Å². The first kappa shape index (κ1) is 18.6. The van der Waals surface area contributed by atoms with Gasteiger partial charge in [-0.05, 0) is 55.3 Å². The van der Waals surface area contributed by atoms with Gasteiger partial charge in [-0.3, -0.25) is 0 Å². The average Bonchev–Trinajstić information content (AvgIpc) is 2.45. The first-order valence-electron chi connectivity index (χ1n) is 6.52. The van der Waals surface area contributed by atoms with Gasteiger partial charge in [-0.1, -0.05) is 11.6 Å². The largest absolute Gasteiger partial charge is 0.506 e. The molecule has 3 aromatic rings. The Morgan fingerprint density at radius 1 is 1.00 bits per heavy atom. The lowest BCUT2D eigenvalue weighted by Crippen LogP contribution is -1.97. The lowest BCUT2D eigenvalue weighted by atomic mass is 10.1. The van der Waals surface area contributed by atoms with E-state index in [4.69, 9.17) is 11.6 Å². The van der Waals surface area contributed by atoms with E-state index in [0.717, 1.165) is 16.5 Å². The number of phenolic OH excluding ortho intramolecular Hbond substituents is 1. The Balaban J connectivity index is 0.00000132. The predicted molar refractivity (Wildman–Crippen MR) is 92.6 cm³/mol. The molecule has 1 heterocycles. The molecule has 0 unspecified atom stereocenters. The van der Waals surface area contributed by atoms with Crippen molar-refractivity contribution >= 4 is 34.0 Å². The number of rotatable bonds is 2. The molecular formula is C16H18ClN3O3. The molecule has 0 atom stereocenters. The van der Waals surface area contributed by atoms with Crippen LogP contribution in [0.5, 0.6) is 5.75 Å². The molecule has 0 spiro atoms. The van der Waals surface area contributed by atoms with Gasteiger partial charge in [0.2, 0.25) is 0 Å². The summed E-state index contributed by atoms with van der Waals surface area (Å²) in [5.41, 5.74) is 3.71. The zero-order valence-corrected chi connectivity index (χ0v) is 13.4. The summed E-state index contributed by atoms with van der Waals surface area (Å²) in [5, 5.41) is 14.5. The number of nitrogens with zero attached hydrogens (tertiary/aromatic N) is 2. The molecule has 0 amide bonds. The standard InChI is InChI=1S/C16H14ClN3O.2H2O/c1-9-5-12-13(6-10(9)2)18-8-19-16(12)20-14-7-11(17)3-4-15(14)21;;/h3-8,21H,1-2H3,(H,18,19,20);2*1H2. The first-order chi connectivity index (χ1) is 10.0. The number of benzene rings is 2. The van der Waals surface area contributed by atoms with Crippen molar-refractivity contribution in [3.63, 3.8) is 0 Å². The second kappa shape index (κ2) is 7.23. The van der Waals surface area contributed by atoms with Crippen molar-refractivity contribution in [2.45, 2.75) is 13.8 Å². The smallest absolute Gasteiger partial charge is 0.141 e. The van der Waals surface area contributed by atoms with Crippen LogP contribution in [0.25, 0.3) is 10.9 Å². The Morgan fingerprint density at radius 2 is 1.70 bits per heavy atom. The Hall–Kier alpha value is -2.41. The number of hydrogen-bond donors (Lipinski definition) is 2. The Bertz CT molecular complexity index is 840. The van der Waals surface area contributed by atoms with Gasteiger partial charge in [0.1, 0.15) is 17.9 Å². The number of hydrogen-bond acceptors (Lipinski definition) is 4. The molecule has 122 valence electrons. The number of anilines is 2. The van der Waals surface area contributed by atoms with Crippen LogP contribution < -0.4 is 5.32 Å². The van der Waals surface area contributed by atoms with E-state index >= 15 is 0 Å². The van der Waals surface area contributed by atoms with Gasteiger partial charge in [0, 0.05) is 10.4 Å². The summed E-state index contributed by atoms with van der Waals surface area (Å²) in [5.74, 6) is 0.760. The molecule has 0 fully saturated rings. The molecule has 0 aliphatic heterocycles. The van der Waals surface area contributed by atoms with Gasteiger partial charge in [-0.15, -0.1) is 0 Å². The molecular weight excluding hydrogens is 318 g/mol. The maximum absolute atomic E-state index is 9.90. The highest BCUT2D eigenvalue weighted by molar-refractivity contribution is 6.31. The van der Waals surface area contributed by atoms with E-state index < -0.39 is 0 Å². The van der Waals surface area contributed by atoms with E-state index in [2.05, 4.69) is 15.3 Å². The fourth-order valence-electron chi connectivity index (χ4n) is 2.15. The Kier molecular flexibility index (Phi) is 5.86. The third kappa shape index (κ3) is 3.68. The van der Waals surface area contributed by atoms with Crippen LogP contribution >= 0.6 is 11.6 Å². The minimum atomic E-state index is 0. The molecule has 2 aromatic carbocycles. The number of phenols is 1. The number of fused-ring (bicyclic) bond motifs is 1. The van der Waals surface area contributed by atoms with E-state index in [1.165, 1.54) is 11.9 Å². The van der Waals surface area contributed by atoms with Gasteiger partial charge in [0.25, 0.3) is 0 Å². The van der Waals surface area contributed by atoms with Crippen molar-refractivity contribution in [2.75, 3.05) is 5.32 Å². The molecule has 3 rings (SSSR count). The zero-order chi connectivity index (χ0) is 15.0. The SMILES string of the molecule is Cc1cc2ncnc(Nc3cc(Cl)ccc3O)c2cc1C.O.O. The molecule has 1 aromatic heterocycles. The summed E-state index contributed by atoms with van der Waals surface area (Å²) in [6, 6.07) is 8.90. The van der Waals surface area contributed by atoms with Crippen molar-refractivity contribution in [3.8, 4) is 5.75 Å². The second-order valence-corrected chi connectivity index (χ2v) is 5.40. The van der Waals surface area contributed by atoms with Gasteiger partial charge < -0.3 is 21.4 Å². The molecule has 0 aliphatic rings. The van der Waals surface area contributed by atoms with Crippen molar-refractivity contribution in [3.05, 3.63) is 52.8 Å². The number of aryl methyl sites for hydroxylation is 2. The maximum Gasteiger partial charge on any atom is 0.141 e. The third-order valence-corrected chi connectivity index (χ3v) is 3.70. The van der Waals surface area contributed by atoms with Crippen LogP contribution in [-0.2, 0) is 0 Å². The van der Waals surface area contributed by atoms with Gasteiger partial charge >= 0.3 is 0 Å². The Labute approximate surface area is 138 Å². The van der Waals surface area contributed by atoms with E-state index in [1.54, 1.807) is 18.2 Å². The van der Waals surface area contributed by atoms with E-state index in [-0.39, 0.29) is 16.7 Å². The highest BCUT2D eigenvalue weighted by atomic mass is 35.5. The van der Waals surface area contributed by atoms with Crippen LogP contribution in [0.2, 0.25) is 5.02 Å². The molecule has 0 saturated carbocycles. The van der Waals surface area contributed by atoms with Gasteiger partial charge in [0.05, 0.1) is 11.2 Å². The molecule has 7 heteroatoms. The summed E-state index contributed by atoms with van der Waals surface area (Å²) >= 11 is 5.96. The van der Waals surface area contributed by atoms with Crippen molar-refractivity contribution < 1.29 is 16.1 Å². The maximum atomic E-state index is 9.90. The molecule has 6 N–H and O–H groups in total. The van der Waals surface area contributed by atoms with Crippen molar-refractivity contribution in [1.29, 1.82) is 0 Å². The van der Waals surface area contributed by atoms with Gasteiger partial charge in [-0.25, -0.2) is 9.97 Å². The summed E-state index contributed by atoms with van der Waals surface area (Å²) in [4.78, 5) is 8.55. The van der Waals surface area contributed by atoms with E-state index in [9.17, 15) is 5.11 Å². The number of nitrogens with one attached hydrogen (secondary N) is 1. The fourth-order valence-corrected chi connectivity index (χ4v) is 2.32. The predicted octanol–water partition coefficient (Wildman–Crippen LogP) is 2.70. The quantitative estimate of drug-likeness (QED) is 0.699. The highest BCUT2D eigenvalue weighted by Gasteiger charge is 2.09. The van der Waals surface area contributed by atoms with Crippen molar-refractivity contribution in [1.82, 2.24) is 9.97 Å². The van der Waals surface area contributed by atoms with E-state index in [0.29, 0.717) is 16.5 Å². The normalized spacial score (nSPS) is 9.87. The topological polar surface area (TPSA) is 121 Å². The highest BCUT2D eigenvalue weighted by Crippen LogP contribution is 2.31. The second-order valence-electron chi connectivity index (χ2n) is 4.96. The molecule has 0 aliphatic carbocycles. The molecule has 0 saturated heterocycles. The summed E-state index contributed by atoms with van der Waals surface area (Å²) < 4.78 is 0. The third-order valence-electron chi connectivity index (χ3n) is 3.46. The molecule has 6 nitrogen and oxygen atoms in total. The molecule has 0 bridgehead atoms. The molecule has 23 heavy (non-hydrogen) atoms. The minimum absolute atomic E-state index is 0. The Morgan fingerprint density at radius 3 is 2.43 bits per heavy atom. The summed E-state index contributed by atoms with van der Waals surface area (Å²) in [6.45, 7) is 4.09. The molecule has 0 radical (unpaired) electrons. The average molecular weight is 336 g/mol. The van der Waals surface area contributed by atoms with Gasteiger partial charge in [0.15, 0.2) is 0 Å². The summed E-state index contributed by atoms with van der Waals surface area (Å²) in [7, 11) is 0. The summed E-state index contributed by atoms with van der Waals surface area (Å²) in [6.07, 6.45) is 1.50. The lowest BCUT2D eigenvalue weighted by molar-refractivity contribution is 0.478. The van der Waals surface area contributed by atoms with Crippen LogP contribution in [0.15, 0.2) is 36.7 Å². The monoisotopic (exact) mass is 335 g/mol. The first-order valence-corrected chi connectivity index (χ1v) is 6.90. The van der Waals surface area contributed by atoms with Crippen molar-refractivity contribution in [2.24, 2.45) is 0 Å². The minimum Gasteiger partial charge on any atom is -0.506 e. The van der Waals surface area contributed by atoms with E-state index in [1.807, 2.05) is 26.0 Å². The lowest BCUT2D eigenvalue weighted by Gasteiger charge is -2.11. The zero-order valence-electron chi connectivity index (χ0n) is 12.7. The number of aromatic nitrogens is 2. The van der Waals surface area contributed by atoms with Crippen LogP contribution in [-0.4, -0.2) is 26.0 Å². The number of halogens is 1.